The number of aromatic nitrogens is 2. The summed E-state index contributed by atoms with van der Waals surface area (Å²) in [5.74, 6) is 3.38. The number of hydrogen-bond donors (Lipinski definition) is 2. The Hall–Kier alpha value is -2.60. The number of benzene rings is 2. The molecule has 2 N–H and O–H groups in total. The molecule has 0 saturated heterocycles. The first kappa shape index (κ1) is 23.8. The first-order valence-corrected chi connectivity index (χ1v) is 15.8. The molecule has 7 rings (SSSR count). The van der Waals surface area contributed by atoms with Gasteiger partial charge in [-0.05, 0) is 105 Å². The molecule has 6 heteroatoms. The van der Waals surface area contributed by atoms with Gasteiger partial charge in [-0.15, -0.1) is 0 Å². The van der Waals surface area contributed by atoms with E-state index in [0.29, 0.717) is 0 Å². The minimum Gasteiger partial charge on any atom is -0.542 e. The zero-order chi connectivity index (χ0) is 25.4. The Morgan fingerprint density at radius 1 is 1.06 bits per heavy atom. The number of aromatic carboxylic acids is 1. The molecule has 5 nitrogen and oxygen atoms in total. The summed E-state index contributed by atoms with van der Waals surface area (Å²) in [4.78, 5) is 19.9. The molecule has 0 atom stereocenters. The van der Waals surface area contributed by atoms with Gasteiger partial charge in [0, 0.05) is 11.0 Å². The summed E-state index contributed by atoms with van der Waals surface area (Å²) in [6, 6.07) is 9.59. The first-order chi connectivity index (χ1) is 17.0. The van der Waals surface area contributed by atoms with Crippen LogP contribution in [0.15, 0.2) is 30.3 Å². The van der Waals surface area contributed by atoms with Crippen LogP contribution in [-0.2, 0) is 10.8 Å². The maximum atomic E-state index is 11.5. The van der Waals surface area contributed by atoms with Crippen molar-refractivity contribution in [3.63, 3.8) is 0 Å². The number of H-pyrrole nitrogens is 1. The van der Waals surface area contributed by atoms with Gasteiger partial charge in [0.05, 0.1) is 22.2 Å². The number of fused-ring (bicyclic) bond motifs is 1. The second-order valence-corrected chi connectivity index (χ2v) is 15.0. The molecule has 0 spiro atoms. The van der Waals surface area contributed by atoms with Gasteiger partial charge in [0.25, 0.3) is 9.04 Å². The summed E-state index contributed by atoms with van der Waals surface area (Å²) in [7, 11) is -1.04. The van der Waals surface area contributed by atoms with E-state index in [1.807, 2.05) is 0 Å². The number of aromatic amines is 1. The Labute approximate surface area is 215 Å². The van der Waals surface area contributed by atoms with Gasteiger partial charge in [-0.25, -0.2) is 9.78 Å². The van der Waals surface area contributed by atoms with Crippen molar-refractivity contribution >= 4 is 26.0 Å². The molecular weight excluding hydrogens is 464 g/mol. The maximum Gasteiger partial charge on any atom is 0.335 e. The van der Waals surface area contributed by atoms with Crippen molar-refractivity contribution in [1.82, 2.24) is 9.97 Å². The molecule has 1 aromatic heterocycles. The van der Waals surface area contributed by atoms with Gasteiger partial charge < -0.3 is 14.5 Å². The third-order valence-corrected chi connectivity index (χ3v) is 9.44. The fourth-order valence-corrected chi connectivity index (χ4v) is 8.54. The monoisotopic (exact) mass is 501 g/mol. The highest BCUT2D eigenvalue weighted by atomic mass is 28.3. The Morgan fingerprint density at radius 3 is 2.25 bits per heavy atom. The third-order valence-electron chi connectivity index (χ3n) is 8.82. The number of nitrogens with one attached hydrogen (secondary N) is 1. The maximum absolute atomic E-state index is 11.5. The minimum absolute atomic E-state index is 0.00789. The van der Waals surface area contributed by atoms with Crippen molar-refractivity contribution in [3.8, 4) is 17.1 Å². The van der Waals surface area contributed by atoms with Crippen molar-refractivity contribution in [3.05, 3.63) is 47.0 Å². The second kappa shape index (κ2) is 8.20. The highest BCUT2D eigenvalue weighted by molar-refractivity contribution is 6.49. The summed E-state index contributed by atoms with van der Waals surface area (Å²) in [5, 5.41) is 9.46. The lowest BCUT2D eigenvalue weighted by atomic mass is 9.47. The SMILES string of the molecule is C[Si](C)Oc1c(-c2nc3ccc(C(=O)O)cc3[nH]2)ccc(C(C)(C)C)c1C12CC3CC(CC(C3)C1)C2. The number of rotatable bonds is 5. The van der Waals surface area contributed by atoms with Crippen molar-refractivity contribution in [1.29, 1.82) is 0 Å². The zero-order valence-corrected chi connectivity index (χ0v) is 23.1. The lowest BCUT2D eigenvalue weighted by molar-refractivity contribution is -0.00655. The molecule has 2 aromatic carbocycles. The van der Waals surface area contributed by atoms with E-state index in [2.05, 4.69) is 51.0 Å². The highest BCUT2D eigenvalue weighted by Crippen LogP contribution is 2.63. The fraction of sp³-hybridized carbons (Fsp3) is 0.533. The number of carboxylic acids is 1. The molecule has 36 heavy (non-hydrogen) atoms. The van der Waals surface area contributed by atoms with Gasteiger partial charge in [0.15, 0.2) is 0 Å². The van der Waals surface area contributed by atoms with Gasteiger partial charge in [0.1, 0.15) is 11.6 Å². The molecule has 1 heterocycles. The van der Waals surface area contributed by atoms with Crippen molar-refractivity contribution in [2.24, 2.45) is 17.8 Å². The van der Waals surface area contributed by atoms with E-state index in [1.54, 1.807) is 18.2 Å². The summed E-state index contributed by atoms with van der Waals surface area (Å²) in [6.07, 6.45) is 8.06. The van der Waals surface area contributed by atoms with Crippen LogP contribution in [0.25, 0.3) is 22.4 Å². The van der Waals surface area contributed by atoms with Gasteiger partial charge in [-0.3, -0.25) is 0 Å². The van der Waals surface area contributed by atoms with E-state index in [1.165, 1.54) is 49.7 Å². The van der Waals surface area contributed by atoms with Crippen LogP contribution in [0.3, 0.4) is 0 Å². The molecule has 189 valence electrons. The summed E-state index contributed by atoms with van der Waals surface area (Å²) >= 11 is 0. The average Bonchev–Trinajstić information content (AvgIpc) is 3.20. The molecule has 4 aliphatic rings. The summed E-state index contributed by atoms with van der Waals surface area (Å²) in [6.45, 7) is 11.4. The van der Waals surface area contributed by atoms with E-state index >= 15 is 0 Å². The Kier molecular flexibility index (Phi) is 5.42. The van der Waals surface area contributed by atoms with Crippen LogP contribution in [-0.4, -0.2) is 30.1 Å². The van der Waals surface area contributed by atoms with Gasteiger partial charge in [0.2, 0.25) is 0 Å². The summed E-state index contributed by atoms with van der Waals surface area (Å²) < 4.78 is 6.86. The number of imidazole rings is 1. The molecule has 4 aliphatic carbocycles. The fourth-order valence-electron chi connectivity index (χ4n) is 7.92. The summed E-state index contributed by atoms with van der Waals surface area (Å²) in [5.41, 5.74) is 5.84. The normalized spacial score (nSPS) is 27.2. The molecule has 0 aliphatic heterocycles. The lowest BCUT2D eigenvalue weighted by Crippen LogP contribution is -2.49. The molecule has 4 fully saturated rings. The average molecular weight is 502 g/mol. The number of nitrogens with zero attached hydrogens (tertiary/aromatic N) is 1. The van der Waals surface area contributed by atoms with E-state index in [4.69, 9.17) is 9.41 Å². The Morgan fingerprint density at radius 2 is 1.69 bits per heavy atom. The van der Waals surface area contributed by atoms with Gasteiger partial charge >= 0.3 is 5.97 Å². The topological polar surface area (TPSA) is 75.2 Å². The van der Waals surface area contributed by atoms with Gasteiger partial charge in [-0.1, -0.05) is 26.8 Å². The predicted octanol–water partition coefficient (Wildman–Crippen LogP) is 7.32. The van der Waals surface area contributed by atoms with Crippen molar-refractivity contribution < 1.29 is 14.3 Å². The van der Waals surface area contributed by atoms with E-state index in [-0.39, 0.29) is 16.4 Å². The number of hydrogen-bond acceptors (Lipinski definition) is 3. The minimum atomic E-state index is -1.04. The molecular formula is C30H37N2O3Si. The van der Waals surface area contributed by atoms with Crippen molar-refractivity contribution in [2.45, 2.75) is 83.2 Å². The number of carboxylic acid groups (broad SMARTS) is 1. The van der Waals surface area contributed by atoms with Crippen LogP contribution >= 0.6 is 0 Å². The zero-order valence-electron chi connectivity index (χ0n) is 22.1. The highest BCUT2D eigenvalue weighted by Gasteiger charge is 2.54. The van der Waals surface area contributed by atoms with Crippen LogP contribution in [0.1, 0.15) is 80.8 Å². The van der Waals surface area contributed by atoms with E-state index in [9.17, 15) is 9.90 Å². The predicted molar refractivity (Wildman–Crippen MR) is 145 cm³/mol. The largest absolute Gasteiger partial charge is 0.542 e. The second-order valence-electron chi connectivity index (χ2n) is 12.9. The first-order valence-electron chi connectivity index (χ1n) is 13.4. The third kappa shape index (κ3) is 3.89. The van der Waals surface area contributed by atoms with E-state index in [0.717, 1.165) is 45.9 Å². The van der Waals surface area contributed by atoms with Crippen molar-refractivity contribution in [2.75, 3.05) is 0 Å². The van der Waals surface area contributed by atoms with Gasteiger partial charge in [-0.2, -0.15) is 0 Å². The standard InChI is InChI=1S/C30H37N2O3Si/c1-29(2,3)22-8-7-21(27-31-23-9-6-20(28(33)34)13-24(23)32-27)26(35-36(4)5)25(22)30-14-17-10-18(15-30)12-19(11-17)16-30/h6-9,13,17-19H,10-12,14-16H2,1-5H3,(H,31,32)(H,33,34). The van der Waals surface area contributed by atoms with Crippen LogP contribution < -0.4 is 4.43 Å². The Bertz CT molecular complexity index is 1310. The molecule has 0 amide bonds. The van der Waals surface area contributed by atoms with E-state index < -0.39 is 15.0 Å². The molecule has 3 aromatic rings. The molecule has 4 bridgehead atoms. The Balaban J connectivity index is 1.59. The molecule has 0 unspecified atom stereocenters. The molecule has 4 saturated carbocycles. The van der Waals surface area contributed by atoms with Crippen LogP contribution in [0.5, 0.6) is 5.75 Å². The quantitative estimate of drug-likeness (QED) is 0.359. The van der Waals surface area contributed by atoms with Crippen LogP contribution in [0, 0.1) is 17.8 Å². The lowest BCUT2D eigenvalue weighted by Gasteiger charge is -2.58. The van der Waals surface area contributed by atoms with Crippen LogP contribution in [0.2, 0.25) is 13.1 Å². The smallest absolute Gasteiger partial charge is 0.335 e. The molecule has 1 radical (unpaired) electrons. The van der Waals surface area contributed by atoms with Crippen LogP contribution in [0.4, 0.5) is 0 Å². The number of carbonyl (C=O) groups is 1.